The van der Waals surface area contributed by atoms with Crippen molar-refractivity contribution in [3.8, 4) is 0 Å². The van der Waals surface area contributed by atoms with Gasteiger partial charge in [-0.15, -0.1) is 0 Å². The first kappa shape index (κ1) is 28.1. The number of likely N-dealkylation sites (N-methyl/N-ethyl adjacent to an activating group) is 1. The average molecular weight is 414 g/mol. The highest BCUT2D eigenvalue weighted by Crippen LogP contribution is 2.25. The number of nitrogens with one attached hydrogen (secondary N) is 1. The van der Waals surface area contributed by atoms with Crippen LogP contribution in [0.3, 0.4) is 0 Å². The fourth-order valence-corrected chi connectivity index (χ4v) is 3.36. The van der Waals surface area contributed by atoms with E-state index >= 15 is 0 Å². The van der Waals surface area contributed by atoms with Gasteiger partial charge in [-0.25, -0.2) is 0 Å². The fourth-order valence-electron chi connectivity index (χ4n) is 3.36. The van der Waals surface area contributed by atoms with Gasteiger partial charge >= 0.3 is 0 Å². The van der Waals surface area contributed by atoms with Crippen molar-refractivity contribution in [2.45, 2.75) is 86.5 Å². The van der Waals surface area contributed by atoms with E-state index in [0.717, 1.165) is 51.9 Å². The van der Waals surface area contributed by atoms with E-state index in [1.54, 1.807) is 0 Å². The molecule has 170 valence electrons. The Hall–Kier alpha value is -1.87. The van der Waals surface area contributed by atoms with Crippen LogP contribution < -0.4 is 5.32 Å². The Balaban J connectivity index is 5.30. The lowest BCUT2D eigenvalue weighted by Crippen LogP contribution is -2.23. The summed E-state index contributed by atoms with van der Waals surface area (Å²) in [6, 6.07) is 0. The molecule has 0 aromatic carbocycles. The number of unbranched alkanes of at least 4 members (excludes halogenated alkanes) is 1. The summed E-state index contributed by atoms with van der Waals surface area (Å²) in [7, 11) is 0. The molecule has 0 spiro atoms. The number of hydrogen-bond donors (Lipinski definition) is 1. The van der Waals surface area contributed by atoms with E-state index in [1.807, 2.05) is 31.5 Å². The van der Waals surface area contributed by atoms with Crippen molar-refractivity contribution in [1.29, 1.82) is 0 Å². The van der Waals surface area contributed by atoms with Gasteiger partial charge in [-0.2, -0.15) is 0 Å². The lowest BCUT2D eigenvalue weighted by molar-refractivity contribution is 0.330. The summed E-state index contributed by atoms with van der Waals surface area (Å²) < 4.78 is 0. The second-order valence-electron chi connectivity index (χ2n) is 7.61. The van der Waals surface area contributed by atoms with Crippen LogP contribution >= 0.6 is 0 Å². The van der Waals surface area contributed by atoms with Gasteiger partial charge in [0.15, 0.2) is 0 Å². The minimum Gasteiger partial charge on any atom is -0.362 e. The van der Waals surface area contributed by atoms with Crippen LogP contribution in [0.1, 0.15) is 86.5 Å². The second-order valence-corrected chi connectivity index (χ2v) is 7.61. The van der Waals surface area contributed by atoms with Crippen LogP contribution in [-0.2, 0) is 0 Å². The van der Waals surface area contributed by atoms with E-state index in [2.05, 4.69) is 68.6 Å². The molecule has 0 rings (SSSR count). The highest BCUT2D eigenvalue weighted by molar-refractivity contribution is 5.70. The predicted molar refractivity (Wildman–Crippen MR) is 137 cm³/mol. The van der Waals surface area contributed by atoms with Crippen LogP contribution in [0.2, 0.25) is 0 Å². The van der Waals surface area contributed by atoms with Crippen LogP contribution in [0.25, 0.3) is 0 Å². The predicted octanol–water partition coefficient (Wildman–Crippen LogP) is 7.56. The minimum atomic E-state index is 0.754. The molecule has 0 radical (unpaired) electrons. The molecule has 0 amide bonds. The Kier molecular flexibility index (Phi) is 17.9. The van der Waals surface area contributed by atoms with E-state index in [9.17, 15) is 0 Å². The van der Waals surface area contributed by atoms with Crippen LogP contribution in [0.5, 0.6) is 0 Å². The van der Waals surface area contributed by atoms with Crippen LogP contribution in [0, 0.1) is 0 Å². The van der Waals surface area contributed by atoms with Crippen molar-refractivity contribution in [2.24, 2.45) is 4.99 Å². The first-order valence-electron chi connectivity index (χ1n) is 11.9. The molecule has 0 saturated carbocycles. The first-order valence-corrected chi connectivity index (χ1v) is 11.9. The Labute approximate surface area is 187 Å². The number of aliphatic imine (C=N–C) groups is 1. The number of hydrogen-bond acceptors (Lipinski definition) is 3. The van der Waals surface area contributed by atoms with Gasteiger partial charge in [0, 0.05) is 18.5 Å². The molecule has 30 heavy (non-hydrogen) atoms. The summed E-state index contributed by atoms with van der Waals surface area (Å²) >= 11 is 0. The third-order valence-electron chi connectivity index (χ3n) is 5.29. The summed E-state index contributed by atoms with van der Waals surface area (Å²) in [4.78, 5) is 6.84. The van der Waals surface area contributed by atoms with E-state index < -0.39 is 0 Å². The van der Waals surface area contributed by atoms with Crippen molar-refractivity contribution in [1.82, 2.24) is 10.2 Å². The van der Waals surface area contributed by atoms with Crippen LogP contribution in [0.15, 0.2) is 64.5 Å². The molecule has 0 heterocycles. The smallest absolute Gasteiger partial charge is 0.0911 e. The maximum atomic E-state index is 4.48. The van der Waals surface area contributed by atoms with Crippen molar-refractivity contribution in [2.75, 3.05) is 19.8 Å². The lowest BCUT2D eigenvalue weighted by Gasteiger charge is -2.19. The summed E-state index contributed by atoms with van der Waals surface area (Å²) in [6.07, 6.45) is 20.4. The molecule has 0 aromatic rings. The molecule has 0 aliphatic rings. The Bertz CT molecular complexity index is 606. The SMILES string of the molecule is C=CNC(/C(C)=C\CC)=C(\CCCC)CC/C(=C\CN(CC)C/N=C\C=C/C)CC. The Morgan fingerprint density at radius 1 is 1.07 bits per heavy atom. The number of rotatable bonds is 17. The molecule has 0 aliphatic heterocycles. The fraction of sp³-hybridized carbons (Fsp3) is 0.593. The molecule has 0 aromatic heterocycles. The normalized spacial score (nSPS) is 14.1. The van der Waals surface area contributed by atoms with E-state index in [0.29, 0.717) is 0 Å². The Morgan fingerprint density at radius 2 is 1.83 bits per heavy atom. The first-order chi connectivity index (χ1) is 14.6. The molecule has 0 unspecified atom stereocenters. The third-order valence-corrected chi connectivity index (χ3v) is 5.29. The van der Waals surface area contributed by atoms with Crippen molar-refractivity contribution in [3.63, 3.8) is 0 Å². The summed E-state index contributed by atoms with van der Waals surface area (Å²) in [5.41, 5.74) is 5.68. The van der Waals surface area contributed by atoms with E-state index in [4.69, 9.17) is 0 Å². The molecular formula is C27H47N3. The highest BCUT2D eigenvalue weighted by Gasteiger charge is 2.09. The van der Waals surface area contributed by atoms with Gasteiger partial charge in [0.2, 0.25) is 0 Å². The van der Waals surface area contributed by atoms with Gasteiger partial charge in [0.1, 0.15) is 0 Å². The van der Waals surface area contributed by atoms with Crippen molar-refractivity contribution >= 4 is 6.21 Å². The molecule has 0 fully saturated rings. The average Bonchev–Trinajstić information content (AvgIpc) is 2.75. The van der Waals surface area contributed by atoms with Gasteiger partial charge in [0.25, 0.3) is 0 Å². The quantitative estimate of drug-likeness (QED) is 0.151. The number of allylic oxidation sites excluding steroid dienone is 6. The largest absolute Gasteiger partial charge is 0.362 e. The zero-order valence-electron chi connectivity index (χ0n) is 20.6. The van der Waals surface area contributed by atoms with Gasteiger partial charge < -0.3 is 5.32 Å². The molecule has 3 heteroatoms. The van der Waals surface area contributed by atoms with Crippen LogP contribution in [0.4, 0.5) is 0 Å². The number of nitrogens with zero attached hydrogens (tertiary/aromatic N) is 2. The summed E-state index contributed by atoms with van der Waals surface area (Å²) in [5.74, 6) is 0. The molecule has 0 aliphatic carbocycles. The van der Waals surface area contributed by atoms with E-state index in [-0.39, 0.29) is 0 Å². The molecule has 0 atom stereocenters. The monoisotopic (exact) mass is 413 g/mol. The van der Waals surface area contributed by atoms with Crippen LogP contribution in [-0.4, -0.2) is 30.9 Å². The molecular weight excluding hydrogens is 366 g/mol. The second kappa shape index (κ2) is 19.1. The van der Waals surface area contributed by atoms with Gasteiger partial charge in [-0.05, 0) is 82.3 Å². The zero-order valence-corrected chi connectivity index (χ0v) is 20.6. The minimum absolute atomic E-state index is 0.754. The van der Waals surface area contributed by atoms with Crippen molar-refractivity contribution in [3.05, 3.63) is 59.5 Å². The van der Waals surface area contributed by atoms with Crippen molar-refractivity contribution < 1.29 is 0 Å². The molecule has 0 bridgehead atoms. The van der Waals surface area contributed by atoms with Gasteiger partial charge in [0.05, 0.1) is 6.67 Å². The molecule has 3 nitrogen and oxygen atoms in total. The van der Waals surface area contributed by atoms with Gasteiger partial charge in [-0.1, -0.05) is 64.5 Å². The summed E-state index contributed by atoms with van der Waals surface area (Å²) in [5, 5.41) is 3.44. The zero-order chi connectivity index (χ0) is 22.6. The molecule has 1 N–H and O–H groups in total. The summed E-state index contributed by atoms with van der Waals surface area (Å²) in [6.45, 7) is 19.8. The van der Waals surface area contributed by atoms with Gasteiger partial charge in [-0.3, -0.25) is 9.89 Å². The standard InChI is InChI=1S/C27H47N3/c1-8-14-17-26(27(29-12-5)24(7)16-10-3)19-18-25(11-4)20-22-30(13-6)23-28-21-15-9-2/h9,12,15-16,20-21,29H,5,8,10-11,13-14,17-19,22-23H2,1-4,6-7H3/b15-9-,24-16-,25-20-,27-26+,28-21-. The molecule has 0 saturated heterocycles. The van der Waals surface area contributed by atoms with E-state index in [1.165, 1.54) is 35.3 Å². The third kappa shape index (κ3) is 12.6. The lowest BCUT2D eigenvalue weighted by atomic mass is 9.94. The topological polar surface area (TPSA) is 27.6 Å². The maximum absolute atomic E-state index is 4.48. The maximum Gasteiger partial charge on any atom is 0.0911 e. The Morgan fingerprint density at radius 3 is 2.40 bits per heavy atom. The highest BCUT2D eigenvalue weighted by atomic mass is 15.2.